The molecule has 148 valence electrons. The molecule has 0 saturated carbocycles. The summed E-state index contributed by atoms with van der Waals surface area (Å²) in [6.07, 6.45) is 1.43. The number of anilines is 1. The molecule has 1 fully saturated rings. The first-order valence-electron chi connectivity index (χ1n) is 9.30. The number of nitrogens with one attached hydrogen (secondary N) is 1. The van der Waals surface area contributed by atoms with Crippen LogP contribution in [0.4, 0.5) is 5.13 Å². The summed E-state index contributed by atoms with van der Waals surface area (Å²) in [5.74, 6) is 0.820. The summed E-state index contributed by atoms with van der Waals surface area (Å²) in [5.41, 5.74) is 1.36. The first-order valence-corrected chi connectivity index (χ1v) is 10.2. The minimum Gasteiger partial charge on any atom is -0.454 e. The first-order chi connectivity index (χ1) is 13.3. The molecule has 2 aliphatic rings. The maximum atomic E-state index is 13.0. The van der Waals surface area contributed by atoms with Crippen molar-refractivity contribution in [3.05, 3.63) is 34.8 Å². The highest BCUT2D eigenvalue weighted by atomic mass is 32.1. The number of rotatable bonds is 3. The van der Waals surface area contributed by atoms with Crippen LogP contribution < -0.4 is 14.8 Å². The van der Waals surface area contributed by atoms with E-state index in [0.717, 1.165) is 12.1 Å². The quantitative estimate of drug-likeness (QED) is 0.852. The molecule has 0 radical (unpaired) electrons. The molecule has 0 bridgehead atoms. The maximum absolute atomic E-state index is 13.0. The van der Waals surface area contributed by atoms with E-state index in [1.165, 1.54) is 11.3 Å². The Bertz CT molecular complexity index is 918. The van der Waals surface area contributed by atoms with E-state index >= 15 is 0 Å². The molecule has 3 heterocycles. The Hall–Kier alpha value is -2.61. The van der Waals surface area contributed by atoms with Crippen LogP contribution in [0.2, 0.25) is 0 Å². The largest absolute Gasteiger partial charge is 0.454 e. The number of hydrogen-bond acceptors (Lipinski definition) is 6. The Labute approximate surface area is 167 Å². The standard InChI is InChI=1S/C20H23N3O4S/c1-20(2,3)16-10-28-19(21-16)22-17(24)13-5-4-8-23(13)18(25)12-6-7-14-15(9-12)27-11-26-14/h6-7,9-10,13H,4-5,8,11H2,1-3H3,(H,21,22,24)/t13-/m1/s1. The predicted molar refractivity (Wildman–Crippen MR) is 106 cm³/mol. The van der Waals surface area contributed by atoms with Gasteiger partial charge in [-0.2, -0.15) is 0 Å². The summed E-state index contributed by atoms with van der Waals surface area (Å²) < 4.78 is 10.6. The van der Waals surface area contributed by atoms with Gasteiger partial charge in [0.2, 0.25) is 12.7 Å². The zero-order valence-electron chi connectivity index (χ0n) is 16.2. The number of thiazole rings is 1. The number of aromatic nitrogens is 1. The van der Waals surface area contributed by atoms with Gasteiger partial charge in [0.15, 0.2) is 16.6 Å². The average Bonchev–Trinajstić information content (AvgIpc) is 3.39. The SMILES string of the molecule is CC(C)(C)c1csc(NC(=O)[C@H]2CCCN2C(=O)c2ccc3c(c2)OCO3)n1. The van der Waals surface area contributed by atoms with Crippen LogP contribution in [-0.4, -0.2) is 41.1 Å². The molecule has 28 heavy (non-hydrogen) atoms. The fourth-order valence-corrected chi connectivity index (χ4v) is 4.28. The van der Waals surface area contributed by atoms with E-state index in [-0.39, 0.29) is 24.0 Å². The third-order valence-electron chi connectivity index (χ3n) is 4.94. The van der Waals surface area contributed by atoms with Crippen molar-refractivity contribution in [1.29, 1.82) is 0 Å². The van der Waals surface area contributed by atoms with Crippen LogP contribution in [0.1, 0.15) is 49.7 Å². The van der Waals surface area contributed by atoms with Crippen molar-refractivity contribution < 1.29 is 19.1 Å². The molecule has 0 spiro atoms. The molecule has 4 rings (SSSR count). The van der Waals surface area contributed by atoms with Crippen molar-refractivity contribution >= 4 is 28.3 Å². The van der Waals surface area contributed by atoms with Crippen molar-refractivity contribution in [2.45, 2.75) is 45.1 Å². The first kappa shape index (κ1) is 18.7. The molecular weight excluding hydrogens is 378 g/mol. The summed E-state index contributed by atoms with van der Waals surface area (Å²) in [6, 6.07) is 4.61. The van der Waals surface area contributed by atoms with E-state index in [0.29, 0.717) is 35.2 Å². The van der Waals surface area contributed by atoms with Gasteiger partial charge in [0.1, 0.15) is 6.04 Å². The molecular formula is C20H23N3O4S. The molecule has 2 aliphatic heterocycles. The Balaban J connectivity index is 1.47. The highest BCUT2D eigenvalue weighted by Crippen LogP contribution is 2.34. The number of nitrogens with zero attached hydrogens (tertiary/aromatic N) is 2. The normalized spacial score (nSPS) is 18.4. The van der Waals surface area contributed by atoms with E-state index in [4.69, 9.17) is 9.47 Å². The van der Waals surface area contributed by atoms with E-state index in [1.807, 2.05) is 5.38 Å². The maximum Gasteiger partial charge on any atom is 0.254 e. The van der Waals surface area contributed by atoms with Crippen LogP contribution >= 0.6 is 11.3 Å². The van der Waals surface area contributed by atoms with Gasteiger partial charge in [-0.15, -0.1) is 11.3 Å². The average molecular weight is 401 g/mol. The number of amides is 2. The Morgan fingerprint density at radius 3 is 2.79 bits per heavy atom. The van der Waals surface area contributed by atoms with Crippen molar-refractivity contribution in [2.75, 3.05) is 18.7 Å². The second-order valence-corrected chi connectivity index (χ2v) is 8.86. The molecule has 1 aromatic heterocycles. The third kappa shape index (κ3) is 3.56. The number of carbonyl (C=O) groups excluding carboxylic acids is 2. The minimum absolute atomic E-state index is 0.0752. The molecule has 1 saturated heterocycles. The number of likely N-dealkylation sites (tertiary alicyclic amines) is 1. The van der Waals surface area contributed by atoms with Gasteiger partial charge in [-0.05, 0) is 31.0 Å². The summed E-state index contributed by atoms with van der Waals surface area (Å²) in [6.45, 7) is 6.95. The summed E-state index contributed by atoms with van der Waals surface area (Å²) in [7, 11) is 0. The number of carbonyl (C=O) groups is 2. The molecule has 1 aromatic carbocycles. The van der Waals surface area contributed by atoms with E-state index in [9.17, 15) is 9.59 Å². The lowest BCUT2D eigenvalue weighted by molar-refractivity contribution is -0.119. The molecule has 7 nitrogen and oxygen atoms in total. The lowest BCUT2D eigenvalue weighted by atomic mass is 9.93. The molecule has 0 unspecified atom stereocenters. The van der Waals surface area contributed by atoms with E-state index < -0.39 is 6.04 Å². The lowest BCUT2D eigenvalue weighted by Crippen LogP contribution is -2.43. The number of fused-ring (bicyclic) bond motifs is 1. The monoisotopic (exact) mass is 401 g/mol. The topological polar surface area (TPSA) is 80.8 Å². The fraction of sp³-hybridized carbons (Fsp3) is 0.450. The second kappa shape index (κ2) is 7.09. The van der Waals surface area contributed by atoms with Crippen molar-refractivity contribution in [3.63, 3.8) is 0 Å². The zero-order chi connectivity index (χ0) is 19.9. The molecule has 2 aromatic rings. The van der Waals surface area contributed by atoms with Gasteiger partial charge in [0, 0.05) is 22.9 Å². The predicted octanol–water partition coefficient (Wildman–Crippen LogP) is 3.41. The highest BCUT2D eigenvalue weighted by Gasteiger charge is 2.35. The van der Waals surface area contributed by atoms with Crippen LogP contribution in [0.3, 0.4) is 0 Å². The summed E-state index contributed by atoms with van der Waals surface area (Å²) in [5, 5.41) is 5.41. The van der Waals surface area contributed by atoms with E-state index in [2.05, 4.69) is 31.1 Å². The van der Waals surface area contributed by atoms with Gasteiger partial charge in [-0.25, -0.2) is 4.98 Å². The highest BCUT2D eigenvalue weighted by molar-refractivity contribution is 7.14. The number of ether oxygens (including phenoxy) is 2. The van der Waals surface area contributed by atoms with Gasteiger partial charge < -0.3 is 19.7 Å². The van der Waals surface area contributed by atoms with Gasteiger partial charge >= 0.3 is 0 Å². The van der Waals surface area contributed by atoms with Crippen LogP contribution in [0.25, 0.3) is 0 Å². The fourth-order valence-electron chi connectivity index (χ4n) is 3.34. The van der Waals surface area contributed by atoms with Crippen LogP contribution in [-0.2, 0) is 10.2 Å². The smallest absolute Gasteiger partial charge is 0.254 e. The van der Waals surface area contributed by atoms with Crippen molar-refractivity contribution in [2.24, 2.45) is 0 Å². The Morgan fingerprint density at radius 1 is 1.25 bits per heavy atom. The van der Waals surface area contributed by atoms with Gasteiger partial charge in [-0.1, -0.05) is 20.8 Å². The summed E-state index contributed by atoms with van der Waals surface area (Å²) >= 11 is 1.41. The van der Waals surface area contributed by atoms with E-state index in [1.54, 1.807) is 23.1 Å². The van der Waals surface area contributed by atoms with Gasteiger partial charge in [0.25, 0.3) is 5.91 Å². The van der Waals surface area contributed by atoms with Crippen molar-refractivity contribution in [3.8, 4) is 11.5 Å². The Morgan fingerprint density at radius 2 is 2.04 bits per heavy atom. The van der Waals surface area contributed by atoms with Crippen LogP contribution in [0.15, 0.2) is 23.6 Å². The molecule has 2 amide bonds. The lowest BCUT2D eigenvalue weighted by Gasteiger charge is -2.23. The molecule has 8 heteroatoms. The zero-order valence-corrected chi connectivity index (χ0v) is 17.0. The summed E-state index contributed by atoms with van der Waals surface area (Å²) in [4.78, 5) is 32.0. The molecule has 1 N–H and O–H groups in total. The van der Waals surface area contributed by atoms with Crippen LogP contribution in [0.5, 0.6) is 11.5 Å². The minimum atomic E-state index is -0.500. The Kier molecular flexibility index (Phi) is 4.74. The number of benzene rings is 1. The number of hydrogen-bond donors (Lipinski definition) is 1. The second-order valence-electron chi connectivity index (χ2n) is 8.00. The van der Waals surface area contributed by atoms with Gasteiger partial charge in [0.05, 0.1) is 5.69 Å². The third-order valence-corrected chi connectivity index (χ3v) is 5.70. The van der Waals surface area contributed by atoms with Crippen LogP contribution in [0, 0.1) is 0 Å². The molecule has 0 aliphatic carbocycles. The molecule has 1 atom stereocenters. The van der Waals surface area contributed by atoms with Crippen molar-refractivity contribution in [1.82, 2.24) is 9.88 Å². The van der Waals surface area contributed by atoms with Gasteiger partial charge in [-0.3, -0.25) is 9.59 Å².